The van der Waals surface area contributed by atoms with Crippen molar-refractivity contribution in [1.29, 1.82) is 0 Å². The number of anilines is 1. The van der Waals surface area contributed by atoms with E-state index in [9.17, 15) is 0 Å². The zero-order valence-corrected chi connectivity index (χ0v) is 13.2. The molecule has 0 aliphatic heterocycles. The van der Waals surface area contributed by atoms with Crippen LogP contribution in [0.1, 0.15) is 59.4 Å². The van der Waals surface area contributed by atoms with Gasteiger partial charge in [-0.05, 0) is 30.2 Å². The van der Waals surface area contributed by atoms with Crippen molar-refractivity contribution in [2.45, 2.75) is 60.3 Å². The van der Waals surface area contributed by atoms with E-state index in [1.54, 1.807) is 0 Å². The van der Waals surface area contributed by atoms with Crippen molar-refractivity contribution in [3.63, 3.8) is 0 Å². The quantitative estimate of drug-likeness (QED) is 0.742. The first-order valence-corrected chi connectivity index (χ1v) is 7.52. The highest BCUT2D eigenvalue weighted by Crippen LogP contribution is 2.20. The molecule has 0 saturated heterocycles. The SMILES string of the molecule is CCCCN(CCC)c1ncc(CC(C)(C)C)cn1. The van der Waals surface area contributed by atoms with Crippen LogP contribution < -0.4 is 4.90 Å². The van der Waals surface area contributed by atoms with Gasteiger partial charge in [0, 0.05) is 25.5 Å². The first-order valence-electron chi connectivity index (χ1n) is 7.52. The van der Waals surface area contributed by atoms with Crippen LogP contribution in [0.5, 0.6) is 0 Å². The topological polar surface area (TPSA) is 29.0 Å². The van der Waals surface area contributed by atoms with Gasteiger partial charge in [0.05, 0.1) is 0 Å². The van der Waals surface area contributed by atoms with E-state index >= 15 is 0 Å². The molecule has 1 aromatic rings. The van der Waals surface area contributed by atoms with Gasteiger partial charge in [0.25, 0.3) is 0 Å². The third-order valence-corrected chi connectivity index (χ3v) is 2.98. The fourth-order valence-electron chi connectivity index (χ4n) is 2.15. The number of hydrogen-bond acceptors (Lipinski definition) is 3. The van der Waals surface area contributed by atoms with Crippen molar-refractivity contribution in [3.8, 4) is 0 Å². The number of nitrogens with zero attached hydrogens (tertiary/aromatic N) is 3. The lowest BCUT2D eigenvalue weighted by atomic mass is 9.89. The van der Waals surface area contributed by atoms with Crippen LogP contribution >= 0.6 is 0 Å². The summed E-state index contributed by atoms with van der Waals surface area (Å²) < 4.78 is 0. The van der Waals surface area contributed by atoms with E-state index in [-0.39, 0.29) is 5.41 Å². The zero-order chi connectivity index (χ0) is 14.3. The van der Waals surface area contributed by atoms with Gasteiger partial charge in [-0.25, -0.2) is 9.97 Å². The average Bonchev–Trinajstić information content (AvgIpc) is 2.34. The molecule has 0 aliphatic carbocycles. The number of unbranched alkanes of at least 4 members (excludes halogenated alkanes) is 1. The molecule has 0 saturated carbocycles. The summed E-state index contributed by atoms with van der Waals surface area (Å²) in [5.74, 6) is 0.882. The molecule has 0 radical (unpaired) electrons. The summed E-state index contributed by atoms with van der Waals surface area (Å²) >= 11 is 0. The van der Waals surface area contributed by atoms with Crippen LogP contribution in [0.3, 0.4) is 0 Å². The van der Waals surface area contributed by atoms with Crippen molar-refractivity contribution in [2.24, 2.45) is 5.41 Å². The Morgan fingerprint density at radius 2 is 1.63 bits per heavy atom. The Morgan fingerprint density at radius 1 is 1.00 bits per heavy atom. The molecule has 3 nitrogen and oxygen atoms in total. The average molecular weight is 263 g/mol. The second-order valence-corrected chi connectivity index (χ2v) is 6.47. The van der Waals surface area contributed by atoms with Crippen molar-refractivity contribution < 1.29 is 0 Å². The second-order valence-electron chi connectivity index (χ2n) is 6.47. The minimum absolute atomic E-state index is 0.288. The molecule has 0 spiro atoms. The second kappa shape index (κ2) is 7.46. The lowest BCUT2D eigenvalue weighted by Crippen LogP contribution is -2.27. The molecular weight excluding hydrogens is 234 g/mol. The summed E-state index contributed by atoms with van der Waals surface area (Å²) in [6.07, 6.45) is 8.55. The van der Waals surface area contributed by atoms with Gasteiger partial charge >= 0.3 is 0 Å². The third-order valence-electron chi connectivity index (χ3n) is 2.98. The van der Waals surface area contributed by atoms with Crippen molar-refractivity contribution in [3.05, 3.63) is 18.0 Å². The van der Waals surface area contributed by atoms with E-state index in [0.29, 0.717) is 0 Å². The molecule has 0 aliphatic rings. The van der Waals surface area contributed by atoms with Crippen LogP contribution in [0, 0.1) is 5.41 Å². The Morgan fingerprint density at radius 3 is 2.11 bits per heavy atom. The highest BCUT2D eigenvalue weighted by Gasteiger charge is 2.13. The van der Waals surface area contributed by atoms with Crippen LogP contribution in [-0.2, 0) is 6.42 Å². The fraction of sp³-hybridized carbons (Fsp3) is 0.750. The summed E-state index contributed by atoms with van der Waals surface area (Å²) in [6, 6.07) is 0. The van der Waals surface area contributed by atoms with Gasteiger partial charge in [0.15, 0.2) is 0 Å². The maximum Gasteiger partial charge on any atom is 0.225 e. The molecule has 0 N–H and O–H groups in total. The summed E-state index contributed by atoms with van der Waals surface area (Å²) in [5, 5.41) is 0. The van der Waals surface area contributed by atoms with E-state index in [2.05, 4.69) is 49.5 Å². The van der Waals surface area contributed by atoms with E-state index in [1.807, 2.05) is 12.4 Å². The fourth-order valence-corrected chi connectivity index (χ4v) is 2.15. The lowest BCUT2D eigenvalue weighted by Gasteiger charge is -2.22. The molecule has 0 bridgehead atoms. The molecule has 0 unspecified atom stereocenters. The molecule has 0 fully saturated rings. The van der Waals surface area contributed by atoms with Crippen molar-refractivity contribution in [2.75, 3.05) is 18.0 Å². The van der Waals surface area contributed by atoms with Gasteiger partial charge in [-0.15, -0.1) is 0 Å². The summed E-state index contributed by atoms with van der Waals surface area (Å²) in [6.45, 7) is 13.2. The van der Waals surface area contributed by atoms with Crippen LogP contribution in [-0.4, -0.2) is 23.1 Å². The summed E-state index contributed by atoms with van der Waals surface area (Å²) in [7, 11) is 0. The Kier molecular flexibility index (Phi) is 6.26. The van der Waals surface area contributed by atoms with Crippen LogP contribution in [0.4, 0.5) is 5.95 Å². The van der Waals surface area contributed by atoms with E-state index < -0.39 is 0 Å². The highest BCUT2D eigenvalue weighted by atomic mass is 15.2. The highest BCUT2D eigenvalue weighted by molar-refractivity contribution is 5.29. The first-order chi connectivity index (χ1) is 8.96. The molecule has 1 aromatic heterocycles. The Labute approximate surface area is 118 Å². The van der Waals surface area contributed by atoms with Crippen LogP contribution in [0.2, 0.25) is 0 Å². The van der Waals surface area contributed by atoms with Gasteiger partial charge in [-0.2, -0.15) is 0 Å². The van der Waals surface area contributed by atoms with E-state index in [0.717, 1.165) is 31.9 Å². The summed E-state index contributed by atoms with van der Waals surface area (Å²) in [5.41, 5.74) is 1.51. The maximum atomic E-state index is 4.55. The molecule has 0 amide bonds. The molecule has 0 aromatic carbocycles. The minimum atomic E-state index is 0.288. The predicted molar refractivity (Wildman–Crippen MR) is 82.6 cm³/mol. The monoisotopic (exact) mass is 263 g/mol. The third kappa shape index (κ3) is 6.04. The largest absolute Gasteiger partial charge is 0.341 e. The normalized spacial score (nSPS) is 11.6. The summed E-state index contributed by atoms with van der Waals surface area (Å²) in [4.78, 5) is 11.4. The molecule has 3 heteroatoms. The number of rotatable bonds is 7. The molecule has 108 valence electrons. The van der Waals surface area contributed by atoms with Gasteiger partial charge in [-0.3, -0.25) is 0 Å². The van der Waals surface area contributed by atoms with Crippen LogP contribution in [0.15, 0.2) is 12.4 Å². The predicted octanol–water partition coefficient (Wildman–Crippen LogP) is 4.08. The molecule has 0 atom stereocenters. The molecule has 1 heterocycles. The molecule has 19 heavy (non-hydrogen) atoms. The smallest absolute Gasteiger partial charge is 0.225 e. The lowest BCUT2D eigenvalue weighted by molar-refractivity contribution is 0.410. The molecular formula is C16H29N3. The van der Waals surface area contributed by atoms with Crippen molar-refractivity contribution >= 4 is 5.95 Å². The standard InChI is InChI=1S/C16H29N3/c1-6-8-10-19(9-7-2)15-17-12-14(13-18-15)11-16(3,4)5/h12-13H,6-11H2,1-5H3. The minimum Gasteiger partial charge on any atom is -0.341 e. The van der Waals surface area contributed by atoms with Gasteiger partial charge in [0.2, 0.25) is 5.95 Å². The van der Waals surface area contributed by atoms with Crippen LogP contribution in [0.25, 0.3) is 0 Å². The first kappa shape index (κ1) is 15.9. The van der Waals surface area contributed by atoms with E-state index in [4.69, 9.17) is 0 Å². The number of aromatic nitrogens is 2. The Bertz CT molecular complexity index is 351. The Hall–Kier alpha value is -1.12. The van der Waals surface area contributed by atoms with Gasteiger partial charge in [0.1, 0.15) is 0 Å². The molecule has 1 rings (SSSR count). The maximum absolute atomic E-state index is 4.55. The Balaban J connectivity index is 2.71. The van der Waals surface area contributed by atoms with Gasteiger partial charge in [-0.1, -0.05) is 41.0 Å². The number of hydrogen-bond donors (Lipinski definition) is 0. The zero-order valence-electron chi connectivity index (χ0n) is 13.2. The van der Waals surface area contributed by atoms with Gasteiger partial charge < -0.3 is 4.90 Å². The van der Waals surface area contributed by atoms with Crippen molar-refractivity contribution in [1.82, 2.24) is 9.97 Å². The van der Waals surface area contributed by atoms with E-state index in [1.165, 1.54) is 18.4 Å².